The van der Waals surface area contributed by atoms with E-state index in [2.05, 4.69) is 30.5 Å². The number of hydrogen-bond donors (Lipinski definition) is 3. The Bertz CT molecular complexity index is 1590. The molecule has 0 saturated carbocycles. The van der Waals surface area contributed by atoms with Crippen LogP contribution in [-0.4, -0.2) is 36.0 Å². The molecule has 0 bridgehead atoms. The molecule has 0 saturated heterocycles. The van der Waals surface area contributed by atoms with E-state index in [4.69, 9.17) is 4.98 Å². The van der Waals surface area contributed by atoms with Crippen molar-refractivity contribution in [2.45, 2.75) is 0 Å². The maximum Gasteiger partial charge on any atom is 0.255 e. The van der Waals surface area contributed by atoms with Crippen LogP contribution in [0.25, 0.3) is 44.6 Å². The zero-order valence-electron chi connectivity index (χ0n) is 17.3. The standard InChI is InChI=1S/C25H17N7O/c33-25(15-4-2-1-3-5-15)28-18-10-17(12-27-13-18)19-6-7-20-23(30-19)24(32-31-20)21-11-16-8-9-26-14-22(16)29-21/h1-14,29H,(H,28,33)(H,31,32). The largest absolute Gasteiger partial charge is 0.352 e. The van der Waals surface area contributed by atoms with E-state index in [1.807, 2.05) is 48.5 Å². The minimum atomic E-state index is -0.191. The van der Waals surface area contributed by atoms with E-state index in [-0.39, 0.29) is 5.91 Å². The molecule has 5 heterocycles. The first-order chi connectivity index (χ1) is 16.2. The number of carbonyl (C=O) groups is 1. The Labute approximate surface area is 187 Å². The number of fused-ring (bicyclic) bond motifs is 2. The molecule has 0 aliphatic heterocycles. The minimum Gasteiger partial charge on any atom is -0.352 e. The number of carbonyl (C=O) groups excluding carboxylic acids is 1. The van der Waals surface area contributed by atoms with Gasteiger partial charge in [-0.25, -0.2) is 4.98 Å². The molecule has 0 spiro atoms. The number of aromatic amines is 2. The van der Waals surface area contributed by atoms with Gasteiger partial charge in [0.15, 0.2) is 0 Å². The van der Waals surface area contributed by atoms with Gasteiger partial charge in [-0.15, -0.1) is 0 Å². The van der Waals surface area contributed by atoms with Gasteiger partial charge in [-0.3, -0.25) is 19.9 Å². The molecule has 0 fully saturated rings. The number of hydrogen-bond acceptors (Lipinski definition) is 5. The van der Waals surface area contributed by atoms with Crippen LogP contribution in [0.4, 0.5) is 5.69 Å². The van der Waals surface area contributed by atoms with Crippen LogP contribution >= 0.6 is 0 Å². The second-order valence-corrected chi connectivity index (χ2v) is 7.59. The van der Waals surface area contributed by atoms with Gasteiger partial charge in [0.2, 0.25) is 0 Å². The predicted octanol–water partition coefficient (Wildman–Crippen LogP) is 4.82. The van der Waals surface area contributed by atoms with E-state index in [1.54, 1.807) is 36.9 Å². The monoisotopic (exact) mass is 431 g/mol. The number of benzene rings is 1. The number of amides is 1. The maximum atomic E-state index is 12.5. The highest BCUT2D eigenvalue weighted by Gasteiger charge is 2.14. The third-order valence-corrected chi connectivity index (χ3v) is 5.41. The van der Waals surface area contributed by atoms with Crippen molar-refractivity contribution >= 4 is 33.5 Å². The smallest absolute Gasteiger partial charge is 0.255 e. The van der Waals surface area contributed by atoms with Crippen LogP contribution in [0.15, 0.2) is 85.5 Å². The number of aromatic nitrogens is 6. The number of nitrogens with one attached hydrogen (secondary N) is 3. The summed E-state index contributed by atoms with van der Waals surface area (Å²) in [5.74, 6) is -0.191. The van der Waals surface area contributed by atoms with Crippen molar-refractivity contribution in [3.05, 3.63) is 91.0 Å². The summed E-state index contributed by atoms with van der Waals surface area (Å²) in [5, 5.41) is 11.5. The van der Waals surface area contributed by atoms with E-state index in [0.29, 0.717) is 11.3 Å². The van der Waals surface area contributed by atoms with Gasteiger partial charge in [0.1, 0.15) is 11.2 Å². The van der Waals surface area contributed by atoms with Crippen molar-refractivity contribution < 1.29 is 4.79 Å². The van der Waals surface area contributed by atoms with Crippen LogP contribution < -0.4 is 5.32 Å². The van der Waals surface area contributed by atoms with Crippen LogP contribution in [-0.2, 0) is 0 Å². The van der Waals surface area contributed by atoms with E-state index in [0.717, 1.165) is 44.6 Å². The lowest BCUT2D eigenvalue weighted by Crippen LogP contribution is -2.11. The summed E-state index contributed by atoms with van der Waals surface area (Å²) in [4.78, 5) is 29.2. The Morgan fingerprint density at radius 3 is 2.67 bits per heavy atom. The van der Waals surface area contributed by atoms with Crippen molar-refractivity contribution in [2.75, 3.05) is 5.32 Å². The summed E-state index contributed by atoms with van der Waals surface area (Å²) >= 11 is 0. The maximum absolute atomic E-state index is 12.5. The first-order valence-electron chi connectivity index (χ1n) is 10.3. The summed E-state index contributed by atoms with van der Waals surface area (Å²) in [7, 11) is 0. The Morgan fingerprint density at radius 2 is 1.79 bits per heavy atom. The van der Waals surface area contributed by atoms with Gasteiger partial charge in [0, 0.05) is 28.9 Å². The van der Waals surface area contributed by atoms with Crippen LogP contribution in [0.5, 0.6) is 0 Å². The van der Waals surface area contributed by atoms with Crippen LogP contribution in [0, 0.1) is 0 Å². The molecule has 1 amide bonds. The normalized spacial score (nSPS) is 11.2. The highest BCUT2D eigenvalue weighted by Crippen LogP contribution is 2.29. The molecule has 0 aliphatic rings. The van der Waals surface area contributed by atoms with Crippen molar-refractivity contribution in [3.63, 3.8) is 0 Å². The fraction of sp³-hybridized carbons (Fsp3) is 0. The number of rotatable bonds is 4. The molecule has 8 heteroatoms. The lowest BCUT2D eigenvalue weighted by Gasteiger charge is -2.07. The predicted molar refractivity (Wildman–Crippen MR) is 127 cm³/mol. The average Bonchev–Trinajstić information content (AvgIpc) is 3.48. The third-order valence-electron chi connectivity index (χ3n) is 5.41. The quantitative estimate of drug-likeness (QED) is 0.371. The molecule has 5 aromatic heterocycles. The molecule has 6 aromatic rings. The Kier molecular flexibility index (Phi) is 4.40. The van der Waals surface area contributed by atoms with Gasteiger partial charge < -0.3 is 10.3 Å². The van der Waals surface area contributed by atoms with Crippen molar-refractivity contribution in [1.29, 1.82) is 0 Å². The summed E-state index contributed by atoms with van der Waals surface area (Å²) < 4.78 is 0. The first-order valence-corrected chi connectivity index (χ1v) is 10.3. The first kappa shape index (κ1) is 18.9. The second kappa shape index (κ2) is 7.69. The van der Waals surface area contributed by atoms with Crippen LogP contribution in [0.2, 0.25) is 0 Å². The third kappa shape index (κ3) is 3.49. The minimum absolute atomic E-state index is 0.191. The SMILES string of the molecule is O=C(Nc1cncc(-c2ccc3[nH]nc(-c4cc5ccncc5[nH]4)c3n2)c1)c1ccccc1. The number of nitrogens with zero attached hydrogens (tertiary/aromatic N) is 4. The lowest BCUT2D eigenvalue weighted by atomic mass is 10.1. The van der Waals surface area contributed by atoms with E-state index in [9.17, 15) is 4.79 Å². The van der Waals surface area contributed by atoms with Gasteiger partial charge in [0.25, 0.3) is 5.91 Å². The molecule has 6 rings (SSSR count). The number of pyridine rings is 3. The van der Waals surface area contributed by atoms with Crippen LogP contribution in [0.1, 0.15) is 10.4 Å². The molecular weight excluding hydrogens is 414 g/mol. The average molecular weight is 431 g/mol. The number of anilines is 1. The van der Waals surface area contributed by atoms with Gasteiger partial charge in [-0.05, 0) is 42.5 Å². The molecular formula is C25H17N7O. The van der Waals surface area contributed by atoms with Gasteiger partial charge in [0.05, 0.1) is 40.5 Å². The lowest BCUT2D eigenvalue weighted by molar-refractivity contribution is 0.102. The van der Waals surface area contributed by atoms with Gasteiger partial charge in [-0.2, -0.15) is 5.10 Å². The Balaban J connectivity index is 1.36. The fourth-order valence-corrected chi connectivity index (χ4v) is 3.79. The van der Waals surface area contributed by atoms with Crippen molar-refractivity contribution in [2.24, 2.45) is 0 Å². The second-order valence-electron chi connectivity index (χ2n) is 7.59. The summed E-state index contributed by atoms with van der Waals surface area (Å²) in [6.45, 7) is 0. The molecule has 0 radical (unpaired) electrons. The molecule has 0 unspecified atom stereocenters. The summed E-state index contributed by atoms with van der Waals surface area (Å²) in [6, 6.07) is 18.7. The van der Waals surface area contributed by atoms with E-state index < -0.39 is 0 Å². The van der Waals surface area contributed by atoms with Crippen molar-refractivity contribution in [3.8, 4) is 22.6 Å². The molecule has 33 heavy (non-hydrogen) atoms. The fourth-order valence-electron chi connectivity index (χ4n) is 3.79. The number of H-pyrrole nitrogens is 2. The molecule has 0 aliphatic carbocycles. The molecule has 1 aromatic carbocycles. The zero-order chi connectivity index (χ0) is 22.2. The van der Waals surface area contributed by atoms with Crippen molar-refractivity contribution in [1.82, 2.24) is 30.1 Å². The molecule has 8 nitrogen and oxygen atoms in total. The van der Waals surface area contributed by atoms with E-state index in [1.165, 1.54) is 0 Å². The Morgan fingerprint density at radius 1 is 0.879 bits per heavy atom. The van der Waals surface area contributed by atoms with Gasteiger partial charge in [-0.1, -0.05) is 18.2 Å². The molecule has 158 valence electrons. The highest BCUT2D eigenvalue weighted by molar-refractivity contribution is 6.04. The zero-order valence-corrected chi connectivity index (χ0v) is 17.3. The summed E-state index contributed by atoms with van der Waals surface area (Å²) in [5.41, 5.74) is 6.78. The van der Waals surface area contributed by atoms with Crippen LogP contribution in [0.3, 0.4) is 0 Å². The topological polar surface area (TPSA) is 112 Å². The summed E-state index contributed by atoms with van der Waals surface area (Å²) in [6.07, 6.45) is 6.88. The highest BCUT2D eigenvalue weighted by atomic mass is 16.1. The molecule has 3 N–H and O–H groups in total. The van der Waals surface area contributed by atoms with E-state index >= 15 is 0 Å². The Hall–Kier alpha value is -4.85. The van der Waals surface area contributed by atoms with Gasteiger partial charge >= 0.3 is 0 Å². The molecule has 0 atom stereocenters.